The SMILES string of the molecule is Nc1ccc(Br)c([C@H](N)CO)c1O. The maximum absolute atomic E-state index is 9.53. The van der Waals surface area contributed by atoms with Gasteiger partial charge in [-0.2, -0.15) is 0 Å². The van der Waals surface area contributed by atoms with E-state index in [0.29, 0.717) is 10.0 Å². The third-order valence-electron chi connectivity index (χ3n) is 1.76. The van der Waals surface area contributed by atoms with E-state index in [0.717, 1.165) is 0 Å². The van der Waals surface area contributed by atoms with Crippen LogP contribution in [0.1, 0.15) is 11.6 Å². The molecular weight excluding hydrogens is 236 g/mol. The molecule has 0 radical (unpaired) electrons. The van der Waals surface area contributed by atoms with Gasteiger partial charge in [0.05, 0.1) is 18.3 Å². The maximum atomic E-state index is 9.53. The number of hydrogen-bond acceptors (Lipinski definition) is 4. The summed E-state index contributed by atoms with van der Waals surface area (Å²) in [6.45, 7) is -0.240. The van der Waals surface area contributed by atoms with E-state index in [9.17, 15) is 5.11 Å². The van der Waals surface area contributed by atoms with Crippen molar-refractivity contribution in [1.29, 1.82) is 0 Å². The first kappa shape index (κ1) is 10.3. The van der Waals surface area contributed by atoms with Crippen LogP contribution in [0.2, 0.25) is 0 Å². The quantitative estimate of drug-likeness (QED) is 0.458. The summed E-state index contributed by atoms with van der Waals surface area (Å²) < 4.78 is 0.640. The van der Waals surface area contributed by atoms with Crippen LogP contribution in [0.15, 0.2) is 16.6 Å². The third kappa shape index (κ3) is 1.93. The average molecular weight is 247 g/mol. The predicted molar refractivity (Wildman–Crippen MR) is 54.2 cm³/mol. The number of rotatable bonds is 2. The van der Waals surface area contributed by atoms with Gasteiger partial charge in [0.25, 0.3) is 0 Å². The number of aliphatic hydroxyl groups excluding tert-OH is 1. The van der Waals surface area contributed by atoms with Gasteiger partial charge in [0.1, 0.15) is 5.75 Å². The summed E-state index contributed by atoms with van der Waals surface area (Å²) in [6.07, 6.45) is 0. The Morgan fingerprint density at radius 3 is 2.62 bits per heavy atom. The summed E-state index contributed by atoms with van der Waals surface area (Å²) in [7, 11) is 0. The molecule has 1 atom stereocenters. The highest BCUT2D eigenvalue weighted by Gasteiger charge is 2.15. The fourth-order valence-corrected chi connectivity index (χ4v) is 1.66. The molecule has 72 valence electrons. The lowest BCUT2D eigenvalue weighted by Gasteiger charge is -2.14. The van der Waals surface area contributed by atoms with Crippen molar-refractivity contribution in [3.8, 4) is 5.75 Å². The lowest BCUT2D eigenvalue weighted by molar-refractivity contribution is 0.265. The lowest BCUT2D eigenvalue weighted by atomic mass is 10.1. The summed E-state index contributed by atoms with van der Waals surface area (Å²) in [6, 6.07) is 2.62. The molecule has 0 spiro atoms. The van der Waals surface area contributed by atoms with Crippen LogP contribution in [0, 0.1) is 0 Å². The smallest absolute Gasteiger partial charge is 0.144 e. The van der Waals surface area contributed by atoms with Crippen molar-refractivity contribution in [3.63, 3.8) is 0 Å². The molecule has 0 saturated carbocycles. The number of phenolic OH excluding ortho intramolecular Hbond substituents is 1. The largest absolute Gasteiger partial charge is 0.505 e. The predicted octanol–water partition coefficient (Wildman–Crippen LogP) is 0.729. The van der Waals surface area contributed by atoms with Crippen LogP contribution in [-0.2, 0) is 0 Å². The number of aromatic hydroxyl groups is 1. The molecule has 0 aromatic heterocycles. The highest BCUT2D eigenvalue weighted by molar-refractivity contribution is 9.10. The molecule has 0 aliphatic heterocycles. The zero-order valence-electron chi connectivity index (χ0n) is 6.87. The molecule has 0 aliphatic carbocycles. The van der Waals surface area contributed by atoms with Crippen molar-refractivity contribution in [2.24, 2.45) is 5.73 Å². The van der Waals surface area contributed by atoms with Gasteiger partial charge in [-0.3, -0.25) is 0 Å². The Balaban J connectivity index is 3.25. The first-order chi connectivity index (χ1) is 6.07. The Bertz CT molecular complexity index is 317. The number of nitrogens with two attached hydrogens (primary N) is 2. The fraction of sp³-hybridized carbons (Fsp3) is 0.250. The zero-order chi connectivity index (χ0) is 10.0. The first-order valence-corrected chi connectivity index (χ1v) is 4.50. The van der Waals surface area contributed by atoms with Crippen molar-refractivity contribution >= 4 is 21.6 Å². The summed E-state index contributed by atoms with van der Waals surface area (Å²) in [5, 5.41) is 18.4. The van der Waals surface area contributed by atoms with Crippen molar-refractivity contribution in [2.45, 2.75) is 6.04 Å². The summed E-state index contributed by atoms with van der Waals surface area (Å²) in [5.41, 5.74) is 11.7. The molecule has 0 fully saturated rings. The maximum Gasteiger partial charge on any atom is 0.144 e. The van der Waals surface area contributed by atoms with E-state index in [4.69, 9.17) is 16.6 Å². The van der Waals surface area contributed by atoms with Gasteiger partial charge in [-0.1, -0.05) is 15.9 Å². The molecule has 5 heteroatoms. The molecule has 0 saturated heterocycles. The lowest BCUT2D eigenvalue weighted by Crippen LogP contribution is -2.15. The minimum atomic E-state index is -0.627. The number of hydrogen-bond donors (Lipinski definition) is 4. The van der Waals surface area contributed by atoms with Crippen molar-refractivity contribution < 1.29 is 10.2 Å². The van der Waals surface area contributed by atoms with Gasteiger partial charge in [0.15, 0.2) is 0 Å². The van der Waals surface area contributed by atoms with Crippen molar-refractivity contribution in [1.82, 2.24) is 0 Å². The molecule has 13 heavy (non-hydrogen) atoms. The first-order valence-electron chi connectivity index (χ1n) is 3.71. The van der Waals surface area contributed by atoms with E-state index in [1.807, 2.05) is 0 Å². The Hall–Kier alpha value is -0.780. The van der Waals surface area contributed by atoms with Crippen molar-refractivity contribution in [3.05, 3.63) is 22.2 Å². The van der Waals surface area contributed by atoms with Crippen LogP contribution < -0.4 is 11.5 Å². The highest BCUT2D eigenvalue weighted by atomic mass is 79.9. The van der Waals surface area contributed by atoms with E-state index in [1.54, 1.807) is 12.1 Å². The van der Waals surface area contributed by atoms with Crippen LogP contribution in [-0.4, -0.2) is 16.8 Å². The second-order valence-electron chi connectivity index (χ2n) is 2.69. The number of halogens is 1. The van der Waals surface area contributed by atoms with E-state index in [1.165, 1.54) is 0 Å². The van der Waals surface area contributed by atoms with Crippen LogP contribution in [0.25, 0.3) is 0 Å². The molecule has 1 aromatic carbocycles. The van der Waals surface area contributed by atoms with E-state index < -0.39 is 6.04 Å². The number of nitrogen functional groups attached to an aromatic ring is 1. The fourth-order valence-electron chi connectivity index (χ4n) is 1.04. The molecule has 0 amide bonds. The summed E-state index contributed by atoms with van der Waals surface area (Å²) in [5.74, 6) is -0.0732. The van der Waals surface area contributed by atoms with Gasteiger partial charge in [-0.25, -0.2) is 0 Å². The Labute approximate surface area is 84.3 Å². The van der Waals surface area contributed by atoms with Gasteiger partial charge in [-0.05, 0) is 12.1 Å². The molecule has 1 aromatic rings. The van der Waals surface area contributed by atoms with E-state index >= 15 is 0 Å². The Morgan fingerprint density at radius 1 is 1.46 bits per heavy atom. The minimum Gasteiger partial charge on any atom is -0.505 e. The van der Waals surface area contributed by atoms with E-state index in [-0.39, 0.29) is 18.0 Å². The molecule has 6 N–H and O–H groups in total. The normalized spacial score (nSPS) is 12.8. The number of phenols is 1. The number of anilines is 1. The molecule has 0 heterocycles. The molecular formula is C8H11BrN2O2. The van der Waals surface area contributed by atoms with Gasteiger partial charge in [-0.15, -0.1) is 0 Å². The second-order valence-corrected chi connectivity index (χ2v) is 3.54. The monoisotopic (exact) mass is 246 g/mol. The zero-order valence-corrected chi connectivity index (χ0v) is 8.45. The van der Waals surface area contributed by atoms with Crippen LogP contribution in [0.5, 0.6) is 5.75 Å². The Kier molecular flexibility index (Phi) is 3.13. The van der Waals surface area contributed by atoms with Crippen LogP contribution >= 0.6 is 15.9 Å². The average Bonchev–Trinajstić information content (AvgIpc) is 2.12. The third-order valence-corrected chi connectivity index (χ3v) is 2.45. The topological polar surface area (TPSA) is 92.5 Å². The summed E-state index contributed by atoms with van der Waals surface area (Å²) >= 11 is 3.22. The van der Waals surface area contributed by atoms with Gasteiger partial charge in [0.2, 0.25) is 0 Å². The molecule has 1 rings (SSSR count). The Morgan fingerprint density at radius 2 is 2.08 bits per heavy atom. The highest BCUT2D eigenvalue weighted by Crippen LogP contribution is 2.34. The van der Waals surface area contributed by atoms with Gasteiger partial charge >= 0.3 is 0 Å². The standard InChI is InChI=1S/C8H11BrN2O2/c9-4-1-2-5(10)8(13)7(4)6(11)3-12/h1-2,6,12-13H,3,10-11H2/t6-/m1/s1. The number of benzene rings is 1. The van der Waals surface area contributed by atoms with Crippen LogP contribution in [0.3, 0.4) is 0 Å². The summed E-state index contributed by atoms with van der Waals surface area (Å²) in [4.78, 5) is 0. The molecule has 0 bridgehead atoms. The number of aliphatic hydroxyl groups is 1. The minimum absolute atomic E-state index is 0.0732. The molecule has 4 nitrogen and oxygen atoms in total. The molecule has 0 unspecified atom stereocenters. The van der Waals surface area contributed by atoms with Crippen LogP contribution in [0.4, 0.5) is 5.69 Å². The second kappa shape index (κ2) is 3.95. The van der Waals surface area contributed by atoms with E-state index in [2.05, 4.69) is 15.9 Å². The van der Waals surface area contributed by atoms with Gasteiger partial charge in [0, 0.05) is 10.0 Å². The molecule has 0 aliphatic rings. The van der Waals surface area contributed by atoms with Gasteiger partial charge < -0.3 is 21.7 Å². The van der Waals surface area contributed by atoms with Crippen molar-refractivity contribution in [2.75, 3.05) is 12.3 Å².